The van der Waals surface area contributed by atoms with E-state index in [2.05, 4.69) is 32.5 Å². The van der Waals surface area contributed by atoms with Crippen molar-refractivity contribution >= 4 is 15.9 Å². The second-order valence-corrected chi connectivity index (χ2v) is 4.64. The minimum absolute atomic E-state index is 0.0788. The van der Waals surface area contributed by atoms with Gasteiger partial charge in [-0.1, -0.05) is 11.8 Å². The Labute approximate surface area is 122 Å². The minimum Gasteiger partial charge on any atom is -0.435 e. The maximum atomic E-state index is 13.0. The van der Waals surface area contributed by atoms with Crippen molar-refractivity contribution in [1.82, 2.24) is 0 Å². The van der Waals surface area contributed by atoms with Crippen LogP contribution in [0.25, 0.3) is 0 Å². The van der Waals surface area contributed by atoms with Crippen LogP contribution in [-0.2, 0) is 0 Å². The summed E-state index contributed by atoms with van der Waals surface area (Å²) in [7, 11) is 0. The van der Waals surface area contributed by atoms with Gasteiger partial charge < -0.3 is 4.74 Å². The highest BCUT2D eigenvalue weighted by Gasteiger charge is 2.03. The number of ether oxygens (including phenoxy) is 1. The lowest BCUT2D eigenvalue weighted by atomic mass is 10.2. The number of hydrogen-bond donors (Lipinski definition) is 0. The van der Waals surface area contributed by atoms with Crippen LogP contribution >= 0.6 is 15.9 Å². The lowest BCUT2D eigenvalue weighted by molar-refractivity contribution is -0.0498. The van der Waals surface area contributed by atoms with E-state index in [1.807, 2.05) is 0 Å². The van der Waals surface area contributed by atoms with Gasteiger partial charge in [0.1, 0.15) is 11.6 Å². The Bertz CT molecular complexity index is 657. The van der Waals surface area contributed by atoms with Gasteiger partial charge in [0.25, 0.3) is 0 Å². The molecule has 0 bridgehead atoms. The lowest BCUT2D eigenvalue weighted by Crippen LogP contribution is -2.01. The van der Waals surface area contributed by atoms with Crippen molar-refractivity contribution in [2.45, 2.75) is 6.61 Å². The first kappa shape index (κ1) is 14.5. The van der Waals surface area contributed by atoms with E-state index < -0.39 is 6.61 Å². The second kappa shape index (κ2) is 6.49. The Morgan fingerprint density at radius 1 is 0.950 bits per heavy atom. The zero-order valence-electron chi connectivity index (χ0n) is 10.0. The third-order valence-electron chi connectivity index (χ3n) is 2.35. The predicted molar refractivity (Wildman–Crippen MR) is 73.2 cm³/mol. The van der Waals surface area contributed by atoms with E-state index in [-0.39, 0.29) is 11.6 Å². The topological polar surface area (TPSA) is 9.23 Å². The van der Waals surface area contributed by atoms with Gasteiger partial charge in [0.15, 0.2) is 0 Å². The van der Waals surface area contributed by atoms with Crippen LogP contribution in [0.3, 0.4) is 0 Å². The molecule has 0 aliphatic carbocycles. The van der Waals surface area contributed by atoms with Gasteiger partial charge in [0, 0.05) is 11.1 Å². The number of rotatable bonds is 2. The standard InChI is InChI=1S/C15H8BrF3O/c16-13-9-11(5-8-14(13)17)2-1-10-3-6-12(7-4-10)20-15(18)19/h3-9,15H. The van der Waals surface area contributed by atoms with Crippen LogP contribution in [0, 0.1) is 17.7 Å². The Morgan fingerprint density at radius 3 is 2.15 bits per heavy atom. The molecule has 102 valence electrons. The van der Waals surface area contributed by atoms with Gasteiger partial charge in [-0.2, -0.15) is 8.78 Å². The summed E-state index contributed by atoms with van der Waals surface area (Å²) in [6, 6.07) is 10.4. The van der Waals surface area contributed by atoms with Gasteiger partial charge in [-0.05, 0) is 58.4 Å². The van der Waals surface area contributed by atoms with E-state index in [1.54, 1.807) is 24.3 Å². The minimum atomic E-state index is -2.84. The zero-order chi connectivity index (χ0) is 14.5. The Morgan fingerprint density at radius 2 is 1.55 bits per heavy atom. The highest BCUT2D eigenvalue weighted by atomic mass is 79.9. The smallest absolute Gasteiger partial charge is 0.387 e. The molecule has 1 nitrogen and oxygen atoms in total. The Hall–Kier alpha value is -1.93. The van der Waals surface area contributed by atoms with Gasteiger partial charge in [0.2, 0.25) is 0 Å². The fourth-order valence-corrected chi connectivity index (χ4v) is 1.82. The molecule has 0 radical (unpaired) electrons. The highest BCUT2D eigenvalue weighted by Crippen LogP contribution is 2.17. The maximum absolute atomic E-state index is 13.0. The molecule has 0 unspecified atom stereocenters. The van der Waals surface area contributed by atoms with E-state index in [0.717, 1.165) is 0 Å². The molecule has 0 atom stereocenters. The summed E-state index contributed by atoms with van der Waals surface area (Å²) in [6.45, 7) is -2.84. The molecule has 0 heterocycles. The van der Waals surface area contributed by atoms with E-state index in [4.69, 9.17) is 0 Å². The molecular formula is C15H8BrF3O. The van der Waals surface area contributed by atoms with Crippen LogP contribution in [0.2, 0.25) is 0 Å². The molecule has 0 spiro atoms. The summed E-state index contributed by atoms with van der Waals surface area (Å²) in [6.07, 6.45) is 0. The summed E-state index contributed by atoms with van der Waals surface area (Å²) in [5.74, 6) is 5.43. The van der Waals surface area contributed by atoms with E-state index in [1.165, 1.54) is 18.2 Å². The maximum Gasteiger partial charge on any atom is 0.387 e. The van der Waals surface area contributed by atoms with E-state index in [0.29, 0.717) is 15.6 Å². The van der Waals surface area contributed by atoms with Crippen molar-refractivity contribution in [3.63, 3.8) is 0 Å². The summed E-state index contributed by atoms with van der Waals surface area (Å²) in [5, 5.41) is 0. The summed E-state index contributed by atoms with van der Waals surface area (Å²) in [5.41, 5.74) is 1.29. The van der Waals surface area contributed by atoms with E-state index >= 15 is 0 Å². The number of hydrogen-bond acceptors (Lipinski definition) is 1. The first-order chi connectivity index (χ1) is 9.54. The fourth-order valence-electron chi connectivity index (χ4n) is 1.44. The number of halogens is 4. The third kappa shape index (κ3) is 4.04. The van der Waals surface area contributed by atoms with Crippen LogP contribution < -0.4 is 4.74 Å². The largest absolute Gasteiger partial charge is 0.435 e. The van der Waals surface area contributed by atoms with Crippen LogP contribution in [0.1, 0.15) is 11.1 Å². The van der Waals surface area contributed by atoms with Gasteiger partial charge >= 0.3 is 6.61 Å². The molecule has 20 heavy (non-hydrogen) atoms. The zero-order valence-corrected chi connectivity index (χ0v) is 11.6. The van der Waals surface area contributed by atoms with Crippen LogP contribution in [0.4, 0.5) is 13.2 Å². The lowest BCUT2D eigenvalue weighted by Gasteiger charge is -2.03. The van der Waals surface area contributed by atoms with Gasteiger partial charge in [-0.15, -0.1) is 0 Å². The molecule has 0 aliphatic heterocycles. The summed E-state index contributed by atoms with van der Waals surface area (Å²) in [4.78, 5) is 0. The number of benzene rings is 2. The van der Waals surface area contributed by atoms with Gasteiger partial charge in [0.05, 0.1) is 4.47 Å². The molecule has 2 aromatic carbocycles. The van der Waals surface area contributed by atoms with Crippen molar-refractivity contribution in [2.24, 2.45) is 0 Å². The van der Waals surface area contributed by atoms with E-state index in [9.17, 15) is 13.2 Å². The highest BCUT2D eigenvalue weighted by molar-refractivity contribution is 9.10. The van der Waals surface area contributed by atoms with Crippen molar-refractivity contribution in [3.8, 4) is 17.6 Å². The molecule has 0 fully saturated rings. The van der Waals surface area contributed by atoms with Gasteiger partial charge in [-0.3, -0.25) is 0 Å². The quantitative estimate of drug-likeness (QED) is 0.726. The summed E-state index contributed by atoms with van der Waals surface area (Å²) >= 11 is 3.07. The van der Waals surface area contributed by atoms with Crippen molar-refractivity contribution in [1.29, 1.82) is 0 Å². The average molecular weight is 341 g/mol. The monoisotopic (exact) mass is 340 g/mol. The van der Waals surface area contributed by atoms with Crippen molar-refractivity contribution < 1.29 is 17.9 Å². The Balaban J connectivity index is 2.14. The van der Waals surface area contributed by atoms with Crippen LogP contribution in [0.5, 0.6) is 5.75 Å². The molecule has 0 aromatic heterocycles. The molecule has 0 N–H and O–H groups in total. The SMILES string of the molecule is Fc1ccc(C#Cc2ccc(OC(F)F)cc2)cc1Br. The molecular weight excluding hydrogens is 333 g/mol. The third-order valence-corrected chi connectivity index (χ3v) is 2.96. The van der Waals surface area contributed by atoms with Gasteiger partial charge in [-0.25, -0.2) is 4.39 Å². The van der Waals surface area contributed by atoms with Crippen LogP contribution in [-0.4, -0.2) is 6.61 Å². The van der Waals surface area contributed by atoms with Crippen molar-refractivity contribution in [2.75, 3.05) is 0 Å². The number of alkyl halides is 2. The van der Waals surface area contributed by atoms with Crippen LogP contribution in [0.15, 0.2) is 46.9 Å². The molecule has 2 aromatic rings. The molecule has 5 heteroatoms. The predicted octanol–water partition coefficient (Wildman–Crippen LogP) is 4.59. The molecule has 2 rings (SSSR count). The molecule has 0 amide bonds. The summed E-state index contributed by atoms with van der Waals surface area (Å²) < 4.78 is 41.6. The Kier molecular flexibility index (Phi) is 4.70. The first-order valence-electron chi connectivity index (χ1n) is 5.56. The molecule has 0 saturated heterocycles. The fraction of sp³-hybridized carbons (Fsp3) is 0.0667. The first-order valence-corrected chi connectivity index (χ1v) is 6.36. The normalized spacial score (nSPS) is 10.1. The molecule has 0 aliphatic rings. The second-order valence-electron chi connectivity index (χ2n) is 3.78. The van der Waals surface area contributed by atoms with Crippen molar-refractivity contribution in [3.05, 3.63) is 63.9 Å². The average Bonchev–Trinajstić information content (AvgIpc) is 2.41. The molecule has 0 saturated carbocycles.